The predicted octanol–water partition coefficient (Wildman–Crippen LogP) is 5.81. The summed E-state index contributed by atoms with van der Waals surface area (Å²) in [6, 6.07) is 9.21. The molecular weight excluding hydrogens is 394 g/mol. The Morgan fingerprint density at radius 3 is 2.38 bits per heavy atom. The topological polar surface area (TPSA) is 59.4 Å². The maximum atomic E-state index is 12.4. The summed E-state index contributed by atoms with van der Waals surface area (Å²) in [5.74, 6) is -1.85. The van der Waals surface area contributed by atoms with Gasteiger partial charge in [-0.2, -0.15) is 0 Å². The quantitative estimate of drug-likeness (QED) is 0.601. The van der Waals surface area contributed by atoms with Crippen LogP contribution in [0.5, 0.6) is 5.75 Å². The van der Waals surface area contributed by atoms with E-state index >= 15 is 0 Å². The number of carbonyl (C=O) groups is 1. The van der Waals surface area contributed by atoms with Crippen LogP contribution < -0.4 is 4.74 Å². The van der Waals surface area contributed by atoms with Gasteiger partial charge in [0.2, 0.25) is 0 Å². The van der Waals surface area contributed by atoms with Crippen LogP contribution in [0.4, 0.5) is 13.2 Å². The SMILES string of the molecule is O=C(O)c1cc(-c2ccc(Cl)c(Cl)c2)nc2ccc(OC(F)(F)F)cc12. The molecule has 4 nitrogen and oxygen atoms in total. The highest BCUT2D eigenvalue weighted by Crippen LogP contribution is 2.32. The lowest BCUT2D eigenvalue weighted by molar-refractivity contribution is -0.274. The van der Waals surface area contributed by atoms with Crippen LogP contribution in [0.2, 0.25) is 10.0 Å². The van der Waals surface area contributed by atoms with E-state index in [4.69, 9.17) is 23.2 Å². The fourth-order valence-electron chi connectivity index (χ4n) is 2.38. The van der Waals surface area contributed by atoms with Gasteiger partial charge in [0, 0.05) is 10.9 Å². The average molecular weight is 402 g/mol. The molecule has 1 heterocycles. The van der Waals surface area contributed by atoms with Crippen LogP contribution in [0.15, 0.2) is 42.5 Å². The van der Waals surface area contributed by atoms with Gasteiger partial charge in [-0.15, -0.1) is 13.2 Å². The number of aromatic nitrogens is 1. The summed E-state index contributed by atoms with van der Waals surface area (Å²) in [6.07, 6.45) is -4.88. The maximum absolute atomic E-state index is 12.4. The van der Waals surface area contributed by atoms with Crippen LogP contribution in [-0.2, 0) is 0 Å². The second-order valence-electron chi connectivity index (χ2n) is 5.22. The van der Waals surface area contributed by atoms with Crippen molar-refractivity contribution in [3.63, 3.8) is 0 Å². The Balaban J connectivity index is 2.18. The fourth-order valence-corrected chi connectivity index (χ4v) is 2.68. The average Bonchev–Trinajstić information content (AvgIpc) is 2.54. The number of alkyl halides is 3. The molecule has 3 aromatic rings. The zero-order chi connectivity index (χ0) is 19.1. The molecule has 134 valence electrons. The van der Waals surface area contributed by atoms with E-state index in [2.05, 4.69) is 9.72 Å². The maximum Gasteiger partial charge on any atom is 0.573 e. The van der Waals surface area contributed by atoms with Crippen molar-refractivity contribution in [2.24, 2.45) is 0 Å². The predicted molar refractivity (Wildman–Crippen MR) is 90.8 cm³/mol. The molecule has 0 saturated heterocycles. The number of benzene rings is 2. The van der Waals surface area contributed by atoms with Gasteiger partial charge >= 0.3 is 12.3 Å². The van der Waals surface area contributed by atoms with E-state index in [1.807, 2.05) is 0 Å². The third-order valence-corrected chi connectivity index (χ3v) is 4.20. The minimum atomic E-state index is -4.88. The van der Waals surface area contributed by atoms with Gasteiger partial charge in [-0.3, -0.25) is 0 Å². The molecule has 0 atom stereocenters. The molecule has 0 bridgehead atoms. The van der Waals surface area contributed by atoms with Crippen molar-refractivity contribution in [3.8, 4) is 17.0 Å². The number of pyridine rings is 1. The minimum Gasteiger partial charge on any atom is -0.478 e. The van der Waals surface area contributed by atoms with Gasteiger partial charge in [0.25, 0.3) is 0 Å². The summed E-state index contributed by atoms with van der Waals surface area (Å²) in [6.45, 7) is 0. The van der Waals surface area contributed by atoms with E-state index in [0.717, 1.165) is 12.1 Å². The number of halogens is 5. The summed E-state index contributed by atoms with van der Waals surface area (Å²) in [5, 5.41) is 10.0. The number of carboxylic acids is 1. The second-order valence-corrected chi connectivity index (χ2v) is 6.03. The lowest BCUT2D eigenvalue weighted by Crippen LogP contribution is -2.17. The molecule has 26 heavy (non-hydrogen) atoms. The lowest BCUT2D eigenvalue weighted by atomic mass is 10.0. The molecule has 0 aliphatic rings. The van der Waals surface area contributed by atoms with Crippen molar-refractivity contribution < 1.29 is 27.8 Å². The van der Waals surface area contributed by atoms with Crippen LogP contribution in [0, 0.1) is 0 Å². The first-order chi connectivity index (χ1) is 12.1. The van der Waals surface area contributed by atoms with Crippen molar-refractivity contribution in [2.75, 3.05) is 0 Å². The van der Waals surface area contributed by atoms with Crippen LogP contribution in [-0.4, -0.2) is 22.4 Å². The third-order valence-electron chi connectivity index (χ3n) is 3.46. The smallest absolute Gasteiger partial charge is 0.478 e. The van der Waals surface area contributed by atoms with Gasteiger partial charge in [0.1, 0.15) is 5.75 Å². The zero-order valence-electron chi connectivity index (χ0n) is 12.6. The van der Waals surface area contributed by atoms with Gasteiger partial charge in [-0.1, -0.05) is 29.3 Å². The standard InChI is InChI=1S/C17H8Cl2F3NO3/c18-12-3-1-8(5-13(12)19)15-7-11(16(24)25)10-6-9(26-17(20,21)22)2-4-14(10)23-15/h1-7H,(H,24,25). The van der Waals surface area contributed by atoms with Crippen LogP contribution >= 0.6 is 23.2 Å². The molecule has 0 spiro atoms. The van der Waals surface area contributed by atoms with Crippen molar-refractivity contribution >= 4 is 40.1 Å². The molecule has 0 aliphatic heterocycles. The monoisotopic (exact) mass is 401 g/mol. The molecule has 0 aliphatic carbocycles. The largest absolute Gasteiger partial charge is 0.573 e. The van der Waals surface area contributed by atoms with E-state index in [0.29, 0.717) is 10.6 Å². The first-order valence-electron chi connectivity index (χ1n) is 7.03. The first kappa shape index (κ1) is 18.3. The highest BCUT2D eigenvalue weighted by atomic mass is 35.5. The second kappa shape index (κ2) is 6.66. The number of rotatable bonds is 3. The number of nitrogens with zero attached hydrogens (tertiary/aromatic N) is 1. The van der Waals surface area contributed by atoms with E-state index in [9.17, 15) is 23.1 Å². The molecular formula is C17H8Cl2F3NO3. The number of hydrogen-bond donors (Lipinski definition) is 1. The summed E-state index contributed by atoms with van der Waals surface area (Å²) < 4.78 is 41.0. The highest BCUT2D eigenvalue weighted by molar-refractivity contribution is 6.42. The van der Waals surface area contributed by atoms with Crippen molar-refractivity contribution in [3.05, 3.63) is 58.1 Å². The van der Waals surface area contributed by atoms with E-state index in [1.165, 1.54) is 24.3 Å². The molecule has 0 unspecified atom stereocenters. The van der Waals surface area contributed by atoms with Crippen molar-refractivity contribution in [1.29, 1.82) is 0 Å². The highest BCUT2D eigenvalue weighted by Gasteiger charge is 2.31. The summed E-state index contributed by atoms with van der Waals surface area (Å²) in [7, 11) is 0. The molecule has 1 N–H and O–H groups in total. The normalized spacial score (nSPS) is 11.6. The molecule has 2 aromatic carbocycles. The Hall–Kier alpha value is -2.51. The molecule has 3 rings (SSSR count). The number of ether oxygens (including phenoxy) is 1. The zero-order valence-corrected chi connectivity index (χ0v) is 14.2. The Bertz CT molecular complexity index is 1020. The lowest BCUT2D eigenvalue weighted by Gasteiger charge is -2.11. The van der Waals surface area contributed by atoms with Crippen LogP contribution in [0.1, 0.15) is 10.4 Å². The third kappa shape index (κ3) is 3.84. The van der Waals surface area contributed by atoms with Gasteiger partial charge in [0.05, 0.1) is 26.8 Å². The van der Waals surface area contributed by atoms with Gasteiger partial charge in [-0.25, -0.2) is 9.78 Å². The molecule has 0 amide bonds. The number of aromatic carboxylic acids is 1. The number of hydrogen-bond acceptors (Lipinski definition) is 3. The first-order valence-corrected chi connectivity index (χ1v) is 7.79. The summed E-state index contributed by atoms with van der Waals surface area (Å²) in [4.78, 5) is 15.9. The minimum absolute atomic E-state index is 0.0167. The number of fused-ring (bicyclic) bond motifs is 1. The van der Waals surface area contributed by atoms with E-state index < -0.39 is 18.1 Å². The Morgan fingerprint density at radius 2 is 1.77 bits per heavy atom. The number of carboxylic acid groups (broad SMARTS) is 1. The Morgan fingerprint density at radius 1 is 1.04 bits per heavy atom. The van der Waals surface area contributed by atoms with Crippen molar-refractivity contribution in [1.82, 2.24) is 4.98 Å². The fraction of sp³-hybridized carbons (Fsp3) is 0.0588. The van der Waals surface area contributed by atoms with E-state index in [-0.39, 0.29) is 27.2 Å². The molecule has 0 radical (unpaired) electrons. The van der Waals surface area contributed by atoms with Gasteiger partial charge in [-0.05, 0) is 36.4 Å². The van der Waals surface area contributed by atoms with E-state index in [1.54, 1.807) is 6.07 Å². The van der Waals surface area contributed by atoms with Crippen molar-refractivity contribution in [2.45, 2.75) is 6.36 Å². The molecule has 1 aromatic heterocycles. The molecule has 0 fully saturated rings. The molecule has 9 heteroatoms. The summed E-state index contributed by atoms with van der Waals surface area (Å²) in [5.41, 5.74) is 0.779. The van der Waals surface area contributed by atoms with Crippen LogP contribution in [0.3, 0.4) is 0 Å². The van der Waals surface area contributed by atoms with Gasteiger partial charge in [0.15, 0.2) is 0 Å². The van der Waals surface area contributed by atoms with Crippen LogP contribution in [0.25, 0.3) is 22.2 Å². The summed E-state index contributed by atoms with van der Waals surface area (Å²) >= 11 is 11.8. The van der Waals surface area contributed by atoms with Gasteiger partial charge < -0.3 is 9.84 Å². The Labute approximate surface area is 154 Å². The Kier molecular flexibility index (Phi) is 4.68. The molecule has 0 saturated carbocycles.